The summed E-state index contributed by atoms with van der Waals surface area (Å²) in [6.45, 7) is 0.774. The van der Waals surface area contributed by atoms with Crippen LogP contribution in [0.25, 0.3) is 0 Å². The maximum atomic E-state index is 11.4. The lowest BCUT2D eigenvalue weighted by Crippen LogP contribution is -2.26. The molecule has 16 heavy (non-hydrogen) atoms. The van der Waals surface area contributed by atoms with Crippen molar-refractivity contribution in [2.24, 2.45) is 5.73 Å². The molecule has 1 aromatic rings. The van der Waals surface area contributed by atoms with E-state index in [1.165, 1.54) is 0 Å². The van der Waals surface area contributed by atoms with Crippen molar-refractivity contribution in [3.05, 3.63) is 24.3 Å². The van der Waals surface area contributed by atoms with Gasteiger partial charge in [0.15, 0.2) is 0 Å². The number of nitrogens with zero attached hydrogens (tertiary/aromatic N) is 2. The lowest BCUT2D eigenvalue weighted by molar-refractivity contribution is -0.120. The molecule has 2 heterocycles. The molecule has 0 radical (unpaired) electrons. The van der Waals surface area contributed by atoms with Crippen LogP contribution in [0.1, 0.15) is 30.9 Å². The van der Waals surface area contributed by atoms with Gasteiger partial charge in [-0.1, -0.05) is 0 Å². The Kier molecular flexibility index (Phi) is 3.46. The van der Waals surface area contributed by atoms with Crippen LogP contribution in [0, 0.1) is 0 Å². The van der Waals surface area contributed by atoms with Gasteiger partial charge in [0.25, 0.3) is 0 Å². The first-order valence-corrected chi connectivity index (χ1v) is 5.44. The minimum atomic E-state index is -0.392. The van der Waals surface area contributed by atoms with E-state index in [0.717, 1.165) is 19.4 Å². The third kappa shape index (κ3) is 2.55. The van der Waals surface area contributed by atoms with Crippen LogP contribution in [0.2, 0.25) is 0 Å². The van der Waals surface area contributed by atoms with Gasteiger partial charge in [0.2, 0.25) is 5.91 Å². The standard InChI is InChI=1S/C11H15N3O2/c12-11(15)9(6-8-2-1-5-16-8)10-7-13-3-4-14-10/h3-4,7-9H,1-2,5-6H2,(H2,12,15)/t8-,9?/m1/s1. The predicted molar refractivity (Wildman–Crippen MR) is 57.6 cm³/mol. The number of hydrogen-bond donors (Lipinski definition) is 1. The Morgan fingerprint density at radius 3 is 3.06 bits per heavy atom. The molecule has 1 fully saturated rings. The van der Waals surface area contributed by atoms with Gasteiger partial charge in [-0.2, -0.15) is 0 Å². The van der Waals surface area contributed by atoms with Crippen molar-refractivity contribution in [3.63, 3.8) is 0 Å². The van der Waals surface area contributed by atoms with Gasteiger partial charge in [-0.05, 0) is 19.3 Å². The Labute approximate surface area is 94.0 Å². The zero-order valence-corrected chi connectivity index (χ0v) is 9.00. The monoisotopic (exact) mass is 221 g/mol. The van der Waals surface area contributed by atoms with Crippen molar-refractivity contribution in [1.29, 1.82) is 0 Å². The second kappa shape index (κ2) is 5.03. The molecule has 1 unspecified atom stereocenters. The van der Waals surface area contributed by atoms with Gasteiger partial charge in [0.05, 0.1) is 17.7 Å². The summed E-state index contributed by atoms with van der Waals surface area (Å²) in [7, 11) is 0. The fourth-order valence-electron chi connectivity index (χ4n) is 1.97. The molecule has 2 N–H and O–H groups in total. The van der Waals surface area contributed by atoms with Crippen LogP contribution in [-0.2, 0) is 9.53 Å². The molecule has 5 nitrogen and oxygen atoms in total. The molecule has 0 aliphatic carbocycles. The SMILES string of the molecule is NC(=O)C(C[C@H]1CCCO1)c1cnccn1. The highest BCUT2D eigenvalue weighted by atomic mass is 16.5. The van der Waals surface area contributed by atoms with E-state index in [4.69, 9.17) is 10.5 Å². The van der Waals surface area contributed by atoms with E-state index in [1.807, 2.05) is 0 Å². The topological polar surface area (TPSA) is 78.1 Å². The first kappa shape index (κ1) is 11.0. The normalized spacial score (nSPS) is 21.9. The molecule has 0 bridgehead atoms. The minimum Gasteiger partial charge on any atom is -0.378 e. The number of carbonyl (C=O) groups excluding carboxylic acids is 1. The van der Waals surface area contributed by atoms with Crippen LogP contribution in [0.3, 0.4) is 0 Å². The van der Waals surface area contributed by atoms with E-state index in [9.17, 15) is 4.79 Å². The zero-order valence-electron chi connectivity index (χ0n) is 9.00. The van der Waals surface area contributed by atoms with Gasteiger partial charge >= 0.3 is 0 Å². The molecule has 1 aliphatic heterocycles. The summed E-state index contributed by atoms with van der Waals surface area (Å²) in [5.74, 6) is -0.757. The molecule has 2 atom stereocenters. The summed E-state index contributed by atoms with van der Waals surface area (Å²) >= 11 is 0. The average Bonchev–Trinajstić information content (AvgIpc) is 2.79. The number of rotatable bonds is 4. The van der Waals surface area contributed by atoms with Crippen molar-refractivity contribution >= 4 is 5.91 Å². The van der Waals surface area contributed by atoms with Gasteiger partial charge < -0.3 is 10.5 Å². The maximum Gasteiger partial charge on any atom is 0.226 e. The highest BCUT2D eigenvalue weighted by molar-refractivity contribution is 5.81. The number of amides is 1. The molecule has 0 saturated carbocycles. The van der Waals surface area contributed by atoms with Crippen LogP contribution in [-0.4, -0.2) is 28.6 Å². The van der Waals surface area contributed by atoms with Crippen molar-refractivity contribution < 1.29 is 9.53 Å². The van der Waals surface area contributed by atoms with Crippen molar-refractivity contribution in [1.82, 2.24) is 9.97 Å². The lowest BCUT2D eigenvalue weighted by atomic mass is 9.96. The van der Waals surface area contributed by atoms with E-state index >= 15 is 0 Å². The molecule has 1 aromatic heterocycles. The number of primary amides is 1. The maximum absolute atomic E-state index is 11.4. The first-order valence-electron chi connectivity index (χ1n) is 5.44. The molecule has 86 valence electrons. The fraction of sp³-hybridized carbons (Fsp3) is 0.545. The molecule has 0 aromatic carbocycles. The zero-order chi connectivity index (χ0) is 11.4. The van der Waals surface area contributed by atoms with Gasteiger partial charge in [-0.25, -0.2) is 0 Å². The summed E-state index contributed by atoms with van der Waals surface area (Å²) in [5.41, 5.74) is 6.01. The molecule has 1 saturated heterocycles. The highest BCUT2D eigenvalue weighted by Gasteiger charge is 2.26. The van der Waals surface area contributed by atoms with E-state index in [1.54, 1.807) is 18.6 Å². The van der Waals surface area contributed by atoms with Crippen LogP contribution >= 0.6 is 0 Å². The number of aromatic nitrogens is 2. The quantitative estimate of drug-likeness (QED) is 0.808. The van der Waals surface area contributed by atoms with Gasteiger partial charge in [-0.3, -0.25) is 14.8 Å². The molecule has 1 aliphatic rings. The van der Waals surface area contributed by atoms with Crippen molar-refractivity contribution in [3.8, 4) is 0 Å². The van der Waals surface area contributed by atoms with Gasteiger partial charge in [0, 0.05) is 25.2 Å². The van der Waals surface area contributed by atoms with Crippen molar-refractivity contribution in [2.45, 2.75) is 31.3 Å². The van der Waals surface area contributed by atoms with E-state index in [2.05, 4.69) is 9.97 Å². The number of carbonyl (C=O) groups is 1. The Hall–Kier alpha value is -1.49. The van der Waals surface area contributed by atoms with Gasteiger partial charge in [-0.15, -0.1) is 0 Å². The summed E-state index contributed by atoms with van der Waals surface area (Å²) in [5, 5.41) is 0. The number of hydrogen-bond acceptors (Lipinski definition) is 4. The summed E-state index contributed by atoms with van der Waals surface area (Å²) < 4.78 is 5.50. The summed E-state index contributed by atoms with van der Waals surface area (Å²) in [6, 6.07) is 0. The molecular formula is C11H15N3O2. The Balaban J connectivity index is 2.08. The second-order valence-corrected chi connectivity index (χ2v) is 3.96. The van der Waals surface area contributed by atoms with Crippen LogP contribution in [0.15, 0.2) is 18.6 Å². The number of ether oxygens (including phenoxy) is 1. The van der Waals surface area contributed by atoms with Crippen LogP contribution in [0.5, 0.6) is 0 Å². The highest BCUT2D eigenvalue weighted by Crippen LogP contribution is 2.25. The summed E-state index contributed by atoms with van der Waals surface area (Å²) in [4.78, 5) is 19.5. The molecule has 5 heteroatoms. The van der Waals surface area contributed by atoms with E-state index in [0.29, 0.717) is 12.1 Å². The lowest BCUT2D eigenvalue weighted by Gasteiger charge is -2.16. The first-order chi connectivity index (χ1) is 7.77. The molecule has 0 spiro atoms. The molecular weight excluding hydrogens is 206 g/mol. The van der Waals surface area contributed by atoms with E-state index in [-0.39, 0.29) is 12.0 Å². The average molecular weight is 221 g/mol. The van der Waals surface area contributed by atoms with E-state index < -0.39 is 5.92 Å². The third-order valence-electron chi connectivity index (χ3n) is 2.81. The minimum absolute atomic E-state index is 0.125. The fourth-order valence-corrected chi connectivity index (χ4v) is 1.97. The summed E-state index contributed by atoms with van der Waals surface area (Å²) in [6.07, 6.45) is 7.51. The van der Waals surface area contributed by atoms with Gasteiger partial charge in [0.1, 0.15) is 0 Å². The smallest absolute Gasteiger partial charge is 0.226 e. The number of nitrogens with two attached hydrogens (primary N) is 1. The van der Waals surface area contributed by atoms with Crippen LogP contribution in [0.4, 0.5) is 0 Å². The van der Waals surface area contributed by atoms with Crippen LogP contribution < -0.4 is 5.73 Å². The second-order valence-electron chi connectivity index (χ2n) is 3.96. The molecule has 1 amide bonds. The molecule has 2 rings (SSSR count). The third-order valence-corrected chi connectivity index (χ3v) is 2.81. The Morgan fingerprint density at radius 1 is 1.62 bits per heavy atom. The van der Waals surface area contributed by atoms with Crippen molar-refractivity contribution in [2.75, 3.05) is 6.61 Å². The Bertz CT molecular complexity index is 350. The predicted octanol–water partition coefficient (Wildman–Crippen LogP) is 0.615. The largest absolute Gasteiger partial charge is 0.378 e. The Morgan fingerprint density at radius 2 is 2.50 bits per heavy atom.